The van der Waals surface area contributed by atoms with E-state index in [1.165, 1.54) is 19.2 Å². The van der Waals surface area contributed by atoms with Gasteiger partial charge in [0.25, 0.3) is 0 Å². The second-order valence-electron chi connectivity index (χ2n) is 7.43. The van der Waals surface area contributed by atoms with Crippen LogP contribution in [0.15, 0.2) is 53.4 Å². The lowest BCUT2D eigenvalue weighted by atomic mass is 10.0. The van der Waals surface area contributed by atoms with Crippen molar-refractivity contribution < 1.29 is 22.7 Å². The van der Waals surface area contributed by atoms with Crippen molar-refractivity contribution in [2.24, 2.45) is 5.92 Å². The molecular formula is C22H30N2O5S. The lowest BCUT2D eigenvalue weighted by molar-refractivity contribution is -0.123. The molecule has 0 fully saturated rings. The zero-order valence-corrected chi connectivity index (χ0v) is 18.7. The molecule has 0 saturated heterocycles. The van der Waals surface area contributed by atoms with Gasteiger partial charge in [0.2, 0.25) is 15.9 Å². The molecule has 0 aliphatic heterocycles. The average Bonchev–Trinajstić information content (AvgIpc) is 2.70. The summed E-state index contributed by atoms with van der Waals surface area (Å²) in [6.07, 6.45) is 0.375. The number of rotatable bonds is 11. The molecule has 1 atom stereocenters. The molecule has 1 unspecified atom stereocenters. The first-order valence-corrected chi connectivity index (χ1v) is 11.3. The Bertz CT molecular complexity index is 927. The maximum atomic E-state index is 12.7. The fraction of sp³-hybridized carbons (Fsp3) is 0.409. The molecule has 7 nitrogen and oxygen atoms in total. The summed E-state index contributed by atoms with van der Waals surface area (Å²) in [6.45, 7) is 6.39. The van der Waals surface area contributed by atoms with Crippen LogP contribution in [-0.4, -0.2) is 40.6 Å². The van der Waals surface area contributed by atoms with Gasteiger partial charge in [0.15, 0.2) is 0 Å². The van der Waals surface area contributed by atoms with Crippen molar-refractivity contribution in [1.29, 1.82) is 0 Å². The number of aryl methyl sites for hydroxylation is 1. The van der Waals surface area contributed by atoms with Crippen molar-refractivity contribution in [2.45, 2.75) is 38.1 Å². The quantitative estimate of drug-likeness (QED) is 0.531. The van der Waals surface area contributed by atoms with Crippen molar-refractivity contribution >= 4 is 15.9 Å². The van der Waals surface area contributed by atoms with Crippen molar-refractivity contribution in [3.05, 3.63) is 54.1 Å². The zero-order valence-electron chi connectivity index (χ0n) is 17.8. The Hall–Kier alpha value is -2.58. The molecule has 2 aromatic carbocycles. The molecule has 0 heterocycles. The summed E-state index contributed by atoms with van der Waals surface area (Å²) in [7, 11) is -2.34. The van der Waals surface area contributed by atoms with Crippen LogP contribution in [0.1, 0.15) is 25.8 Å². The summed E-state index contributed by atoms with van der Waals surface area (Å²) < 4.78 is 38.6. The number of amides is 1. The van der Waals surface area contributed by atoms with Gasteiger partial charge < -0.3 is 14.8 Å². The van der Waals surface area contributed by atoms with Gasteiger partial charge in [0, 0.05) is 0 Å². The molecule has 30 heavy (non-hydrogen) atoms. The van der Waals surface area contributed by atoms with Crippen LogP contribution in [-0.2, 0) is 14.8 Å². The number of methoxy groups -OCH3 is 1. The number of nitrogens with one attached hydrogen (secondary N) is 2. The Morgan fingerprint density at radius 1 is 1.07 bits per heavy atom. The van der Waals surface area contributed by atoms with E-state index in [9.17, 15) is 13.2 Å². The minimum atomic E-state index is -3.85. The van der Waals surface area contributed by atoms with Gasteiger partial charge in [-0.25, -0.2) is 8.42 Å². The Morgan fingerprint density at radius 2 is 1.77 bits per heavy atom. The van der Waals surface area contributed by atoms with Gasteiger partial charge in [-0.05, 0) is 61.2 Å². The molecule has 0 aromatic heterocycles. The molecule has 0 aliphatic carbocycles. The van der Waals surface area contributed by atoms with E-state index < -0.39 is 16.1 Å². The molecule has 2 aromatic rings. The predicted octanol–water partition coefficient (Wildman–Crippen LogP) is 2.89. The van der Waals surface area contributed by atoms with Gasteiger partial charge >= 0.3 is 0 Å². The van der Waals surface area contributed by atoms with Crippen LogP contribution >= 0.6 is 0 Å². The van der Waals surface area contributed by atoms with E-state index in [4.69, 9.17) is 9.47 Å². The smallest absolute Gasteiger partial charge is 0.241 e. The highest BCUT2D eigenvalue weighted by Gasteiger charge is 2.26. The topological polar surface area (TPSA) is 93.7 Å². The van der Waals surface area contributed by atoms with Crippen molar-refractivity contribution in [2.75, 3.05) is 20.3 Å². The predicted molar refractivity (Wildman–Crippen MR) is 116 cm³/mol. The normalized spacial score (nSPS) is 12.4. The molecule has 0 saturated carbocycles. The first-order valence-electron chi connectivity index (χ1n) is 9.85. The number of benzene rings is 2. The summed E-state index contributed by atoms with van der Waals surface area (Å²) in [5.74, 6) is 1.03. The van der Waals surface area contributed by atoms with Crippen LogP contribution in [0.25, 0.3) is 0 Å². The summed E-state index contributed by atoms with van der Waals surface area (Å²) >= 11 is 0. The third-order valence-corrected chi connectivity index (χ3v) is 5.84. The molecular weight excluding hydrogens is 404 g/mol. The fourth-order valence-electron chi connectivity index (χ4n) is 2.86. The Kier molecular flexibility index (Phi) is 8.68. The van der Waals surface area contributed by atoms with E-state index in [-0.39, 0.29) is 29.9 Å². The highest BCUT2D eigenvalue weighted by atomic mass is 32.2. The number of hydrogen-bond donors (Lipinski definition) is 2. The van der Waals surface area contributed by atoms with Gasteiger partial charge in [-0.1, -0.05) is 26.0 Å². The van der Waals surface area contributed by atoms with E-state index in [2.05, 4.69) is 10.0 Å². The van der Waals surface area contributed by atoms with Crippen molar-refractivity contribution in [3.8, 4) is 11.5 Å². The summed E-state index contributed by atoms with van der Waals surface area (Å²) in [4.78, 5) is 12.7. The molecule has 1 amide bonds. The highest BCUT2D eigenvalue weighted by molar-refractivity contribution is 7.89. The lowest BCUT2D eigenvalue weighted by Crippen LogP contribution is -2.48. The molecule has 0 spiro atoms. The van der Waals surface area contributed by atoms with Gasteiger partial charge in [0.05, 0.1) is 18.6 Å². The Balaban J connectivity index is 1.96. The summed E-state index contributed by atoms with van der Waals surface area (Å²) in [5, 5.41) is 2.75. The van der Waals surface area contributed by atoms with Gasteiger partial charge in [-0.2, -0.15) is 4.72 Å². The number of ether oxygens (including phenoxy) is 2. The molecule has 0 radical (unpaired) electrons. The molecule has 0 aliphatic rings. The molecule has 8 heteroatoms. The SMILES string of the molecule is COc1ccc(S(=O)(=O)NC(CC(C)C)C(=O)NCCOc2cccc(C)c2)cc1. The maximum Gasteiger partial charge on any atom is 0.241 e. The van der Waals surface area contributed by atoms with E-state index in [0.717, 1.165) is 11.3 Å². The summed E-state index contributed by atoms with van der Waals surface area (Å²) in [5.41, 5.74) is 1.08. The lowest BCUT2D eigenvalue weighted by Gasteiger charge is -2.20. The molecule has 164 valence electrons. The Morgan fingerprint density at radius 3 is 2.37 bits per heavy atom. The van der Waals surface area contributed by atoms with Crippen LogP contribution in [0, 0.1) is 12.8 Å². The average molecular weight is 435 g/mol. The minimum Gasteiger partial charge on any atom is -0.497 e. The van der Waals surface area contributed by atoms with E-state index >= 15 is 0 Å². The minimum absolute atomic E-state index is 0.0765. The maximum absolute atomic E-state index is 12.7. The zero-order chi connectivity index (χ0) is 22.1. The third kappa shape index (κ3) is 7.35. The first kappa shape index (κ1) is 23.7. The van der Waals surface area contributed by atoms with Crippen LogP contribution in [0.2, 0.25) is 0 Å². The number of carbonyl (C=O) groups is 1. The van der Waals surface area contributed by atoms with Crippen LogP contribution in [0.4, 0.5) is 0 Å². The van der Waals surface area contributed by atoms with E-state index in [1.54, 1.807) is 12.1 Å². The fourth-order valence-corrected chi connectivity index (χ4v) is 4.07. The van der Waals surface area contributed by atoms with E-state index in [1.807, 2.05) is 45.0 Å². The second kappa shape index (κ2) is 11.0. The van der Waals surface area contributed by atoms with Crippen molar-refractivity contribution in [3.63, 3.8) is 0 Å². The van der Waals surface area contributed by atoms with Crippen LogP contribution in [0.3, 0.4) is 0 Å². The van der Waals surface area contributed by atoms with E-state index in [0.29, 0.717) is 12.2 Å². The van der Waals surface area contributed by atoms with Crippen LogP contribution < -0.4 is 19.5 Å². The van der Waals surface area contributed by atoms with Crippen molar-refractivity contribution in [1.82, 2.24) is 10.0 Å². The van der Waals surface area contributed by atoms with Gasteiger partial charge in [0.1, 0.15) is 24.1 Å². The molecule has 2 rings (SSSR count). The molecule has 2 N–H and O–H groups in total. The first-order chi connectivity index (χ1) is 14.2. The summed E-state index contributed by atoms with van der Waals surface area (Å²) in [6, 6.07) is 12.8. The highest BCUT2D eigenvalue weighted by Crippen LogP contribution is 2.17. The Labute approximate surface area is 178 Å². The van der Waals surface area contributed by atoms with Gasteiger partial charge in [-0.3, -0.25) is 4.79 Å². The number of carbonyl (C=O) groups excluding carboxylic acids is 1. The van der Waals surface area contributed by atoms with Gasteiger partial charge in [-0.15, -0.1) is 0 Å². The number of hydrogen-bond acceptors (Lipinski definition) is 5. The standard InChI is InChI=1S/C22H30N2O5S/c1-16(2)14-21(24-30(26,27)20-10-8-18(28-4)9-11-20)22(25)23-12-13-29-19-7-5-6-17(3)15-19/h5-11,15-16,21,24H,12-14H2,1-4H3,(H,23,25). The second-order valence-corrected chi connectivity index (χ2v) is 9.15. The largest absolute Gasteiger partial charge is 0.497 e. The molecule has 0 bridgehead atoms. The van der Waals surface area contributed by atoms with Crippen LogP contribution in [0.5, 0.6) is 11.5 Å². The monoisotopic (exact) mass is 434 g/mol. The number of sulfonamides is 1. The third-order valence-electron chi connectivity index (χ3n) is 4.35.